The van der Waals surface area contributed by atoms with Crippen molar-refractivity contribution in [1.29, 1.82) is 0 Å². The van der Waals surface area contributed by atoms with E-state index in [4.69, 9.17) is 4.55 Å². The standard InChI is InChI=1S/C18H38O4S/c1-3-5-6-7-10-14-17(19)15-11-8-9-12-16-18(13-4-2)23(20,21)22/h17-19H,3-16H2,1-2H3,(H,20,21,22). The number of rotatable bonds is 16. The summed E-state index contributed by atoms with van der Waals surface area (Å²) in [4.78, 5) is 0. The van der Waals surface area contributed by atoms with Crippen molar-refractivity contribution in [2.45, 2.75) is 115 Å². The van der Waals surface area contributed by atoms with Gasteiger partial charge >= 0.3 is 0 Å². The quantitative estimate of drug-likeness (QED) is 0.300. The topological polar surface area (TPSA) is 74.6 Å². The largest absolute Gasteiger partial charge is 0.393 e. The third-order valence-corrected chi connectivity index (χ3v) is 5.80. The van der Waals surface area contributed by atoms with Crippen LogP contribution < -0.4 is 0 Å². The van der Waals surface area contributed by atoms with Crippen molar-refractivity contribution in [2.24, 2.45) is 0 Å². The molecule has 0 heterocycles. The van der Waals surface area contributed by atoms with Crippen molar-refractivity contribution in [1.82, 2.24) is 0 Å². The van der Waals surface area contributed by atoms with E-state index in [1.165, 1.54) is 25.7 Å². The molecule has 0 bridgehead atoms. The van der Waals surface area contributed by atoms with Gasteiger partial charge in [-0.15, -0.1) is 0 Å². The predicted molar refractivity (Wildman–Crippen MR) is 97.3 cm³/mol. The molecule has 4 nitrogen and oxygen atoms in total. The number of aliphatic hydroxyl groups excluding tert-OH is 1. The number of hydrogen-bond donors (Lipinski definition) is 2. The van der Waals surface area contributed by atoms with Crippen molar-refractivity contribution >= 4 is 10.1 Å². The molecule has 0 radical (unpaired) electrons. The summed E-state index contributed by atoms with van der Waals surface area (Å²) in [6, 6.07) is 0. The van der Waals surface area contributed by atoms with Gasteiger partial charge in [0.2, 0.25) is 0 Å². The minimum Gasteiger partial charge on any atom is -0.393 e. The van der Waals surface area contributed by atoms with E-state index in [1.54, 1.807) is 0 Å². The molecule has 0 aliphatic rings. The van der Waals surface area contributed by atoms with Gasteiger partial charge in [0, 0.05) is 0 Å². The fraction of sp³-hybridized carbons (Fsp3) is 1.00. The second-order valence-electron chi connectivity index (χ2n) is 6.77. The van der Waals surface area contributed by atoms with E-state index in [0.717, 1.165) is 51.4 Å². The van der Waals surface area contributed by atoms with E-state index < -0.39 is 15.4 Å². The van der Waals surface area contributed by atoms with Crippen LogP contribution in [0.4, 0.5) is 0 Å². The van der Waals surface area contributed by atoms with E-state index in [-0.39, 0.29) is 6.10 Å². The van der Waals surface area contributed by atoms with Gasteiger partial charge in [0.15, 0.2) is 0 Å². The average Bonchev–Trinajstić information content (AvgIpc) is 2.48. The van der Waals surface area contributed by atoms with Crippen molar-refractivity contribution in [3.8, 4) is 0 Å². The van der Waals surface area contributed by atoms with Crippen molar-refractivity contribution in [3.05, 3.63) is 0 Å². The minimum atomic E-state index is -3.89. The first-order valence-electron chi connectivity index (χ1n) is 9.56. The van der Waals surface area contributed by atoms with Gasteiger partial charge in [0.25, 0.3) is 10.1 Å². The van der Waals surface area contributed by atoms with Gasteiger partial charge in [-0.05, 0) is 25.7 Å². The van der Waals surface area contributed by atoms with Crippen LogP contribution >= 0.6 is 0 Å². The molecule has 0 aliphatic heterocycles. The first-order valence-corrected chi connectivity index (χ1v) is 11.1. The van der Waals surface area contributed by atoms with E-state index in [2.05, 4.69) is 6.92 Å². The Morgan fingerprint density at radius 1 is 0.696 bits per heavy atom. The van der Waals surface area contributed by atoms with Gasteiger partial charge in [-0.1, -0.05) is 78.1 Å². The Morgan fingerprint density at radius 3 is 1.61 bits per heavy atom. The van der Waals surface area contributed by atoms with Gasteiger partial charge in [-0.3, -0.25) is 4.55 Å². The highest BCUT2D eigenvalue weighted by molar-refractivity contribution is 7.86. The first-order chi connectivity index (χ1) is 10.9. The minimum absolute atomic E-state index is 0.178. The average molecular weight is 351 g/mol. The maximum absolute atomic E-state index is 11.2. The molecule has 0 aliphatic carbocycles. The maximum Gasteiger partial charge on any atom is 0.267 e. The number of unbranched alkanes of at least 4 members (excludes halogenated alkanes) is 7. The molecule has 0 aromatic rings. The molecule has 0 amide bonds. The highest BCUT2D eigenvalue weighted by atomic mass is 32.2. The van der Waals surface area contributed by atoms with Crippen LogP contribution in [-0.2, 0) is 10.1 Å². The third kappa shape index (κ3) is 14.0. The van der Waals surface area contributed by atoms with Crippen LogP contribution in [0.2, 0.25) is 0 Å². The number of aliphatic hydroxyl groups is 1. The lowest BCUT2D eigenvalue weighted by Gasteiger charge is -2.13. The van der Waals surface area contributed by atoms with Gasteiger partial charge in [-0.25, -0.2) is 0 Å². The fourth-order valence-electron chi connectivity index (χ4n) is 3.00. The Bertz CT molecular complexity index is 354. The third-order valence-electron chi connectivity index (χ3n) is 4.49. The van der Waals surface area contributed by atoms with Gasteiger partial charge in [0.1, 0.15) is 0 Å². The van der Waals surface area contributed by atoms with E-state index >= 15 is 0 Å². The summed E-state index contributed by atoms with van der Waals surface area (Å²) in [5.74, 6) is 0. The lowest BCUT2D eigenvalue weighted by atomic mass is 10.0. The van der Waals surface area contributed by atoms with Crippen molar-refractivity contribution in [2.75, 3.05) is 0 Å². The Hall–Kier alpha value is -0.130. The molecule has 0 aromatic carbocycles. The summed E-state index contributed by atoms with van der Waals surface area (Å²) in [5.41, 5.74) is 0. The molecule has 140 valence electrons. The molecular weight excluding hydrogens is 312 g/mol. The molecule has 2 atom stereocenters. The highest BCUT2D eigenvalue weighted by Gasteiger charge is 2.21. The molecule has 2 unspecified atom stereocenters. The summed E-state index contributed by atoms with van der Waals surface area (Å²) in [6.45, 7) is 4.14. The lowest BCUT2D eigenvalue weighted by molar-refractivity contribution is 0.147. The van der Waals surface area contributed by atoms with Crippen LogP contribution in [0.1, 0.15) is 104 Å². The molecule has 0 saturated carbocycles. The van der Waals surface area contributed by atoms with Crippen LogP contribution in [-0.4, -0.2) is 29.4 Å². The van der Waals surface area contributed by atoms with Crippen LogP contribution in [0.5, 0.6) is 0 Å². The molecule has 23 heavy (non-hydrogen) atoms. The van der Waals surface area contributed by atoms with Gasteiger partial charge in [-0.2, -0.15) is 8.42 Å². The Morgan fingerprint density at radius 2 is 1.17 bits per heavy atom. The van der Waals surface area contributed by atoms with E-state index in [9.17, 15) is 13.5 Å². The van der Waals surface area contributed by atoms with Crippen molar-refractivity contribution in [3.63, 3.8) is 0 Å². The zero-order valence-electron chi connectivity index (χ0n) is 15.2. The molecule has 2 N–H and O–H groups in total. The molecular formula is C18H38O4S. The summed E-state index contributed by atoms with van der Waals surface area (Å²) >= 11 is 0. The summed E-state index contributed by atoms with van der Waals surface area (Å²) in [7, 11) is -3.89. The summed E-state index contributed by atoms with van der Waals surface area (Å²) in [5, 5.41) is 9.32. The highest BCUT2D eigenvalue weighted by Crippen LogP contribution is 2.17. The summed E-state index contributed by atoms with van der Waals surface area (Å²) in [6.07, 6.45) is 13.4. The predicted octanol–water partition coefficient (Wildman–Crippen LogP) is 5.10. The second kappa shape index (κ2) is 14.2. The van der Waals surface area contributed by atoms with Crippen LogP contribution in [0.15, 0.2) is 0 Å². The lowest BCUT2D eigenvalue weighted by Crippen LogP contribution is -2.20. The van der Waals surface area contributed by atoms with Crippen molar-refractivity contribution < 1.29 is 18.1 Å². The van der Waals surface area contributed by atoms with E-state index in [1.807, 2.05) is 6.92 Å². The Labute approximate surface area is 143 Å². The first kappa shape index (κ1) is 22.9. The SMILES string of the molecule is CCCCCCCC(O)CCCCCCC(CCC)S(=O)(=O)O. The molecule has 0 fully saturated rings. The van der Waals surface area contributed by atoms with Gasteiger partial charge < -0.3 is 5.11 Å². The van der Waals surface area contributed by atoms with Crippen LogP contribution in [0, 0.1) is 0 Å². The molecule has 0 aromatic heterocycles. The zero-order chi connectivity index (χ0) is 17.6. The van der Waals surface area contributed by atoms with Crippen LogP contribution in [0.3, 0.4) is 0 Å². The van der Waals surface area contributed by atoms with Crippen LogP contribution in [0.25, 0.3) is 0 Å². The Kier molecular flexibility index (Phi) is 14.2. The monoisotopic (exact) mass is 350 g/mol. The fourth-order valence-corrected chi connectivity index (χ4v) is 4.00. The zero-order valence-corrected chi connectivity index (χ0v) is 16.0. The maximum atomic E-state index is 11.2. The normalized spacial score (nSPS) is 14.8. The smallest absolute Gasteiger partial charge is 0.267 e. The molecule has 0 spiro atoms. The van der Waals surface area contributed by atoms with Gasteiger partial charge in [0.05, 0.1) is 11.4 Å². The molecule has 0 saturated heterocycles. The Balaban J connectivity index is 3.57. The summed E-state index contributed by atoms with van der Waals surface area (Å²) < 4.78 is 31.6. The second-order valence-corrected chi connectivity index (χ2v) is 8.47. The molecule has 0 rings (SSSR count). The van der Waals surface area contributed by atoms with E-state index in [0.29, 0.717) is 12.8 Å². The molecule has 5 heteroatoms. The number of hydrogen-bond acceptors (Lipinski definition) is 3.